The predicted octanol–water partition coefficient (Wildman–Crippen LogP) is 1.95. The number of nitrogens with one attached hydrogen (secondary N) is 2. The van der Waals surface area contributed by atoms with Crippen molar-refractivity contribution in [2.24, 2.45) is 0 Å². The fourth-order valence-electron chi connectivity index (χ4n) is 2.55. The average Bonchev–Trinajstić information content (AvgIpc) is 2.57. The molecule has 8 heteroatoms. The lowest BCUT2D eigenvalue weighted by Gasteiger charge is -2.15. The van der Waals surface area contributed by atoms with Gasteiger partial charge in [-0.1, -0.05) is 12.1 Å². The second kappa shape index (κ2) is 8.48. The minimum atomic E-state index is -1.14. The number of rotatable bonds is 7. The van der Waals surface area contributed by atoms with Gasteiger partial charge in [0, 0.05) is 23.2 Å². The topological polar surface area (TPSA) is 113 Å². The van der Waals surface area contributed by atoms with Gasteiger partial charge >= 0.3 is 5.97 Å². The van der Waals surface area contributed by atoms with Gasteiger partial charge in [-0.3, -0.25) is 19.0 Å². The quantitative estimate of drug-likeness (QED) is 0.685. The Morgan fingerprint density at radius 3 is 2.48 bits per heavy atom. The molecule has 1 aromatic carbocycles. The molecule has 27 heavy (non-hydrogen) atoms. The molecule has 0 radical (unpaired) electrons. The molecule has 0 bridgehead atoms. The number of anilines is 1. The molecule has 1 amide bonds. The number of amides is 1. The summed E-state index contributed by atoms with van der Waals surface area (Å²) >= 11 is 0. The van der Waals surface area contributed by atoms with Crippen molar-refractivity contribution in [3.8, 4) is 11.3 Å². The number of carbonyl (C=O) groups excluding carboxylic acids is 1. The first kappa shape index (κ1) is 20.2. The van der Waals surface area contributed by atoms with Gasteiger partial charge in [-0.15, -0.1) is 0 Å². The van der Waals surface area contributed by atoms with Crippen LogP contribution in [-0.2, 0) is 11.3 Å². The van der Waals surface area contributed by atoms with Crippen LogP contribution in [0, 0.1) is 0 Å². The average molecular weight is 372 g/mol. The lowest BCUT2D eigenvalue weighted by molar-refractivity contribution is -0.137. The van der Waals surface area contributed by atoms with E-state index in [2.05, 4.69) is 15.6 Å². The Balaban J connectivity index is 2.54. The summed E-state index contributed by atoms with van der Waals surface area (Å²) in [5, 5.41) is 14.9. The standard InChI is InChI=1S/C19H24N4O4/c1-11(2)21-17-19(27)23(10-16(24)25)15(9-20-17)13-6-5-7-14(8-13)18(26)22-12(3)4/h5-9,11-12H,10H2,1-4H3,(H,20,21)(H,22,26)(H,24,25). The summed E-state index contributed by atoms with van der Waals surface area (Å²) in [5.41, 5.74) is 0.754. The normalized spacial score (nSPS) is 10.9. The van der Waals surface area contributed by atoms with Crippen LogP contribution in [0.3, 0.4) is 0 Å². The van der Waals surface area contributed by atoms with Crippen molar-refractivity contribution in [1.29, 1.82) is 0 Å². The van der Waals surface area contributed by atoms with Crippen molar-refractivity contribution >= 4 is 17.7 Å². The van der Waals surface area contributed by atoms with Crippen LogP contribution >= 0.6 is 0 Å². The van der Waals surface area contributed by atoms with Crippen LogP contribution in [0.1, 0.15) is 38.1 Å². The van der Waals surface area contributed by atoms with E-state index in [1.165, 1.54) is 6.20 Å². The van der Waals surface area contributed by atoms with Gasteiger partial charge < -0.3 is 15.7 Å². The highest BCUT2D eigenvalue weighted by molar-refractivity contribution is 5.95. The third kappa shape index (κ3) is 5.16. The zero-order valence-electron chi connectivity index (χ0n) is 15.8. The molecule has 144 valence electrons. The molecule has 1 heterocycles. The molecule has 8 nitrogen and oxygen atoms in total. The van der Waals surface area contributed by atoms with Gasteiger partial charge in [-0.25, -0.2) is 4.98 Å². The summed E-state index contributed by atoms with van der Waals surface area (Å²) in [5.74, 6) is -1.30. The van der Waals surface area contributed by atoms with Crippen LogP contribution < -0.4 is 16.2 Å². The molecule has 0 unspecified atom stereocenters. The zero-order chi connectivity index (χ0) is 20.1. The highest BCUT2D eigenvalue weighted by Gasteiger charge is 2.16. The minimum Gasteiger partial charge on any atom is -0.480 e. The lowest BCUT2D eigenvalue weighted by Crippen LogP contribution is -2.31. The van der Waals surface area contributed by atoms with Gasteiger partial charge in [0.2, 0.25) is 0 Å². The molecule has 1 aromatic heterocycles. The first-order chi connectivity index (χ1) is 12.7. The largest absolute Gasteiger partial charge is 0.480 e. The van der Waals surface area contributed by atoms with E-state index in [9.17, 15) is 19.5 Å². The van der Waals surface area contributed by atoms with Crippen molar-refractivity contribution in [3.63, 3.8) is 0 Å². The summed E-state index contributed by atoms with van der Waals surface area (Å²) in [6.07, 6.45) is 1.44. The van der Waals surface area contributed by atoms with E-state index in [0.717, 1.165) is 4.57 Å². The van der Waals surface area contributed by atoms with E-state index < -0.39 is 18.1 Å². The summed E-state index contributed by atoms with van der Waals surface area (Å²) in [4.78, 5) is 40.4. The number of carboxylic acid groups (broad SMARTS) is 1. The van der Waals surface area contributed by atoms with Crippen LogP contribution in [0.15, 0.2) is 35.3 Å². The molecule has 0 spiro atoms. The van der Waals surface area contributed by atoms with E-state index in [1.807, 2.05) is 27.7 Å². The van der Waals surface area contributed by atoms with Gasteiger partial charge in [-0.05, 0) is 39.8 Å². The SMILES string of the molecule is CC(C)NC(=O)c1cccc(-c2cnc(NC(C)C)c(=O)n2CC(=O)O)c1. The third-order valence-electron chi connectivity index (χ3n) is 3.61. The first-order valence-electron chi connectivity index (χ1n) is 8.68. The van der Waals surface area contributed by atoms with Crippen LogP contribution in [-0.4, -0.2) is 38.6 Å². The number of carbonyl (C=O) groups is 2. The van der Waals surface area contributed by atoms with Crippen LogP contribution in [0.5, 0.6) is 0 Å². The third-order valence-corrected chi connectivity index (χ3v) is 3.61. The van der Waals surface area contributed by atoms with Crippen molar-refractivity contribution < 1.29 is 14.7 Å². The molecular formula is C19H24N4O4. The molecule has 2 aromatic rings. The number of hydrogen-bond donors (Lipinski definition) is 3. The van der Waals surface area contributed by atoms with E-state index in [1.54, 1.807) is 24.3 Å². The number of carboxylic acids is 1. The second-order valence-corrected chi connectivity index (χ2v) is 6.79. The maximum Gasteiger partial charge on any atom is 0.323 e. The highest BCUT2D eigenvalue weighted by atomic mass is 16.4. The Kier molecular flexibility index (Phi) is 6.33. The molecule has 0 fully saturated rings. The summed E-state index contributed by atoms with van der Waals surface area (Å²) in [6, 6.07) is 6.61. The Morgan fingerprint density at radius 2 is 1.89 bits per heavy atom. The number of hydrogen-bond acceptors (Lipinski definition) is 5. The van der Waals surface area contributed by atoms with Crippen molar-refractivity contribution in [2.45, 2.75) is 46.3 Å². The molecule has 3 N–H and O–H groups in total. The van der Waals surface area contributed by atoms with Gasteiger partial charge in [0.05, 0.1) is 11.9 Å². The molecule has 0 saturated heterocycles. The predicted molar refractivity (Wildman–Crippen MR) is 103 cm³/mol. The Bertz CT molecular complexity index is 903. The van der Waals surface area contributed by atoms with E-state index in [4.69, 9.17) is 0 Å². The molecule has 0 atom stereocenters. The van der Waals surface area contributed by atoms with Gasteiger partial charge in [0.25, 0.3) is 11.5 Å². The monoisotopic (exact) mass is 372 g/mol. The van der Waals surface area contributed by atoms with Crippen molar-refractivity contribution in [1.82, 2.24) is 14.9 Å². The Morgan fingerprint density at radius 1 is 1.19 bits per heavy atom. The first-order valence-corrected chi connectivity index (χ1v) is 8.68. The molecule has 0 saturated carbocycles. The Labute approximate surface area is 157 Å². The van der Waals surface area contributed by atoms with Gasteiger partial charge in [0.15, 0.2) is 5.82 Å². The smallest absolute Gasteiger partial charge is 0.323 e. The molecular weight excluding hydrogens is 348 g/mol. The maximum atomic E-state index is 12.7. The van der Waals surface area contributed by atoms with Crippen LogP contribution in [0.2, 0.25) is 0 Å². The number of nitrogens with zero attached hydrogens (tertiary/aromatic N) is 2. The summed E-state index contributed by atoms with van der Waals surface area (Å²) in [6.45, 7) is 6.92. The number of benzene rings is 1. The van der Waals surface area contributed by atoms with Gasteiger partial charge in [0.1, 0.15) is 6.54 Å². The van der Waals surface area contributed by atoms with Crippen molar-refractivity contribution in [3.05, 3.63) is 46.4 Å². The second-order valence-electron chi connectivity index (χ2n) is 6.79. The molecule has 0 aliphatic carbocycles. The highest BCUT2D eigenvalue weighted by Crippen LogP contribution is 2.20. The molecule has 0 aliphatic rings. The number of aromatic nitrogens is 2. The molecule has 2 rings (SSSR count). The fourth-order valence-corrected chi connectivity index (χ4v) is 2.55. The molecule has 0 aliphatic heterocycles. The minimum absolute atomic E-state index is 0.0191. The number of aliphatic carboxylic acids is 1. The van der Waals surface area contributed by atoms with E-state index >= 15 is 0 Å². The summed E-state index contributed by atoms with van der Waals surface area (Å²) in [7, 11) is 0. The fraction of sp³-hybridized carbons (Fsp3) is 0.368. The van der Waals surface area contributed by atoms with E-state index in [-0.39, 0.29) is 23.8 Å². The van der Waals surface area contributed by atoms with Gasteiger partial charge in [-0.2, -0.15) is 0 Å². The van der Waals surface area contributed by atoms with Crippen LogP contribution in [0.4, 0.5) is 5.82 Å². The summed E-state index contributed by atoms with van der Waals surface area (Å²) < 4.78 is 1.14. The Hall–Kier alpha value is -3.16. The van der Waals surface area contributed by atoms with E-state index in [0.29, 0.717) is 16.8 Å². The maximum absolute atomic E-state index is 12.7. The lowest BCUT2D eigenvalue weighted by atomic mass is 10.1. The van der Waals surface area contributed by atoms with Crippen LogP contribution in [0.25, 0.3) is 11.3 Å². The zero-order valence-corrected chi connectivity index (χ0v) is 15.8. The van der Waals surface area contributed by atoms with Crippen molar-refractivity contribution in [2.75, 3.05) is 5.32 Å².